The van der Waals surface area contributed by atoms with Crippen LogP contribution in [-0.2, 0) is 0 Å². The van der Waals surface area contributed by atoms with E-state index in [0.29, 0.717) is 24.4 Å². The predicted octanol–water partition coefficient (Wildman–Crippen LogP) is 2.89. The number of hydrogen-bond acceptors (Lipinski definition) is 4. The normalized spacial score (nSPS) is 18.2. The van der Waals surface area contributed by atoms with Gasteiger partial charge in [0.25, 0.3) is 5.56 Å². The lowest BCUT2D eigenvalue weighted by atomic mass is 10.0. The number of nitrogens with zero attached hydrogens (tertiary/aromatic N) is 2. The SMILES string of the molecule is CC1CC/C(=C\Nc2ccc(F)cc2)c2ncc(C(=O)O)c(=O)n21. The third-order valence-corrected chi connectivity index (χ3v) is 4.04. The standard InChI is InChI=1S/C17H16FN3O3/c1-10-2-3-11(8-19-13-6-4-12(18)5-7-13)15-20-9-14(17(23)24)16(22)21(10)15/h4-10,19H,2-3H2,1H3,(H,23,24)/b11-8+. The minimum Gasteiger partial charge on any atom is -0.477 e. The first-order chi connectivity index (χ1) is 11.5. The number of allylic oxidation sites excluding steroid dienone is 1. The van der Waals surface area contributed by atoms with E-state index in [-0.39, 0.29) is 17.4 Å². The van der Waals surface area contributed by atoms with Crippen LogP contribution in [0.15, 0.2) is 41.5 Å². The Bertz CT molecular complexity index is 872. The highest BCUT2D eigenvalue weighted by atomic mass is 19.1. The van der Waals surface area contributed by atoms with Gasteiger partial charge in [0.15, 0.2) is 0 Å². The Balaban J connectivity index is 1.98. The third-order valence-electron chi connectivity index (χ3n) is 4.04. The fourth-order valence-corrected chi connectivity index (χ4v) is 2.72. The fraction of sp³-hybridized carbons (Fsp3) is 0.235. The van der Waals surface area contributed by atoms with E-state index in [1.165, 1.54) is 16.7 Å². The number of fused-ring (bicyclic) bond motifs is 1. The smallest absolute Gasteiger partial charge is 0.342 e. The Labute approximate surface area is 137 Å². The Morgan fingerprint density at radius 3 is 2.79 bits per heavy atom. The number of carboxylic acid groups (broad SMARTS) is 1. The van der Waals surface area contributed by atoms with Crippen molar-refractivity contribution in [2.75, 3.05) is 5.32 Å². The van der Waals surface area contributed by atoms with Gasteiger partial charge in [-0.15, -0.1) is 0 Å². The molecule has 6 nitrogen and oxygen atoms in total. The van der Waals surface area contributed by atoms with Gasteiger partial charge in [-0.3, -0.25) is 9.36 Å². The molecular weight excluding hydrogens is 313 g/mol. The summed E-state index contributed by atoms with van der Waals surface area (Å²) in [5, 5.41) is 12.1. The van der Waals surface area contributed by atoms with Crippen LogP contribution in [0.1, 0.15) is 42.0 Å². The van der Waals surface area contributed by atoms with Crippen molar-refractivity contribution in [1.82, 2.24) is 9.55 Å². The van der Waals surface area contributed by atoms with E-state index in [0.717, 1.165) is 11.8 Å². The summed E-state index contributed by atoms with van der Waals surface area (Å²) in [6, 6.07) is 5.78. The van der Waals surface area contributed by atoms with Crippen LogP contribution in [0.5, 0.6) is 0 Å². The average Bonchev–Trinajstić information content (AvgIpc) is 2.55. The van der Waals surface area contributed by atoms with E-state index in [2.05, 4.69) is 10.3 Å². The molecule has 2 aromatic rings. The molecule has 24 heavy (non-hydrogen) atoms. The van der Waals surface area contributed by atoms with Crippen LogP contribution >= 0.6 is 0 Å². The average molecular weight is 329 g/mol. The molecule has 0 saturated carbocycles. The van der Waals surface area contributed by atoms with Crippen LogP contribution in [0.25, 0.3) is 5.57 Å². The molecule has 3 rings (SSSR count). The quantitative estimate of drug-likeness (QED) is 0.904. The summed E-state index contributed by atoms with van der Waals surface area (Å²) in [4.78, 5) is 27.7. The second-order valence-corrected chi connectivity index (χ2v) is 5.68. The number of carboxylic acids is 1. The van der Waals surface area contributed by atoms with Gasteiger partial charge in [0.1, 0.15) is 17.2 Å². The van der Waals surface area contributed by atoms with Crippen LogP contribution in [0.2, 0.25) is 0 Å². The Hall–Kier alpha value is -2.96. The summed E-state index contributed by atoms with van der Waals surface area (Å²) in [6.45, 7) is 1.86. The van der Waals surface area contributed by atoms with Gasteiger partial charge in [0, 0.05) is 29.7 Å². The lowest BCUT2D eigenvalue weighted by Crippen LogP contribution is -2.34. The molecule has 7 heteroatoms. The maximum atomic E-state index is 12.9. The van der Waals surface area contributed by atoms with Crippen LogP contribution in [-0.4, -0.2) is 20.6 Å². The summed E-state index contributed by atoms with van der Waals surface area (Å²) in [6.07, 6.45) is 4.22. The van der Waals surface area contributed by atoms with E-state index >= 15 is 0 Å². The van der Waals surface area contributed by atoms with Crippen molar-refractivity contribution in [1.29, 1.82) is 0 Å². The van der Waals surface area contributed by atoms with Gasteiger partial charge in [-0.2, -0.15) is 0 Å². The maximum Gasteiger partial charge on any atom is 0.342 e. The summed E-state index contributed by atoms with van der Waals surface area (Å²) < 4.78 is 14.4. The molecule has 2 heterocycles. The predicted molar refractivity (Wildman–Crippen MR) is 87.4 cm³/mol. The summed E-state index contributed by atoms with van der Waals surface area (Å²) in [7, 11) is 0. The number of aromatic carboxylic acids is 1. The number of hydrogen-bond donors (Lipinski definition) is 2. The molecule has 1 aromatic carbocycles. The lowest BCUT2D eigenvalue weighted by Gasteiger charge is -2.26. The molecule has 1 atom stereocenters. The number of benzene rings is 1. The highest BCUT2D eigenvalue weighted by Crippen LogP contribution is 2.29. The first-order valence-electron chi connectivity index (χ1n) is 7.53. The molecule has 0 saturated heterocycles. The summed E-state index contributed by atoms with van der Waals surface area (Å²) >= 11 is 0. The zero-order valence-electron chi connectivity index (χ0n) is 13.0. The largest absolute Gasteiger partial charge is 0.477 e. The first-order valence-corrected chi connectivity index (χ1v) is 7.53. The van der Waals surface area contributed by atoms with Crippen LogP contribution in [0, 0.1) is 5.82 Å². The number of aromatic nitrogens is 2. The van der Waals surface area contributed by atoms with Crippen LogP contribution in [0.3, 0.4) is 0 Å². The topological polar surface area (TPSA) is 84.2 Å². The Morgan fingerprint density at radius 1 is 1.42 bits per heavy atom. The van der Waals surface area contributed by atoms with Crippen LogP contribution in [0.4, 0.5) is 10.1 Å². The van der Waals surface area contributed by atoms with Crippen molar-refractivity contribution in [2.45, 2.75) is 25.8 Å². The molecule has 0 aliphatic carbocycles. The number of halogens is 1. The minimum absolute atomic E-state index is 0.123. The summed E-state index contributed by atoms with van der Waals surface area (Å²) in [5.74, 6) is -1.15. The molecule has 1 aliphatic heterocycles. The molecule has 0 bridgehead atoms. The van der Waals surface area contributed by atoms with Crippen molar-refractivity contribution in [3.8, 4) is 0 Å². The first kappa shape index (κ1) is 15.9. The highest BCUT2D eigenvalue weighted by Gasteiger charge is 2.25. The monoisotopic (exact) mass is 329 g/mol. The molecule has 0 spiro atoms. The van der Waals surface area contributed by atoms with Crippen molar-refractivity contribution in [3.63, 3.8) is 0 Å². The molecular formula is C17H16FN3O3. The molecule has 1 unspecified atom stereocenters. The fourth-order valence-electron chi connectivity index (χ4n) is 2.72. The second-order valence-electron chi connectivity index (χ2n) is 5.68. The molecule has 0 radical (unpaired) electrons. The number of carbonyl (C=O) groups is 1. The van der Waals surface area contributed by atoms with Gasteiger partial charge in [0.05, 0.1) is 0 Å². The molecule has 0 amide bonds. The minimum atomic E-state index is -1.28. The van der Waals surface area contributed by atoms with Gasteiger partial charge < -0.3 is 10.4 Å². The zero-order valence-corrected chi connectivity index (χ0v) is 13.0. The van der Waals surface area contributed by atoms with Gasteiger partial charge >= 0.3 is 5.97 Å². The van der Waals surface area contributed by atoms with Crippen molar-refractivity contribution >= 4 is 17.2 Å². The van der Waals surface area contributed by atoms with Gasteiger partial charge in [-0.1, -0.05) is 0 Å². The van der Waals surface area contributed by atoms with Crippen molar-refractivity contribution in [2.24, 2.45) is 0 Å². The lowest BCUT2D eigenvalue weighted by molar-refractivity contribution is 0.0693. The zero-order chi connectivity index (χ0) is 17.3. The van der Waals surface area contributed by atoms with E-state index in [1.54, 1.807) is 18.3 Å². The third kappa shape index (κ3) is 2.92. The van der Waals surface area contributed by atoms with E-state index in [4.69, 9.17) is 5.11 Å². The maximum absolute atomic E-state index is 12.9. The highest BCUT2D eigenvalue weighted by molar-refractivity contribution is 5.87. The van der Waals surface area contributed by atoms with E-state index < -0.39 is 11.5 Å². The number of rotatable bonds is 3. The van der Waals surface area contributed by atoms with Crippen molar-refractivity contribution < 1.29 is 14.3 Å². The number of anilines is 1. The Morgan fingerprint density at radius 2 is 2.12 bits per heavy atom. The van der Waals surface area contributed by atoms with E-state index in [9.17, 15) is 14.0 Å². The van der Waals surface area contributed by atoms with Crippen molar-refractivity contribution in [3.05, 3.63) is 64.2 Å². The van der Waals surface area contributed by atoms with E-state index in [1.807, 2.05) is 6.92 Å². The Kier molecular flexibility index (Phi) is 4.16. The van der Waals surface area contributed by atoms with Gasteiger partial charge in [-0.25, -0.2) is 14.2 Å². The molecule has 124 valence electrons. The van der Waals surface area contributed by atoms with Crippen LogP contribution < -0.4 is 10.9 Å². The number of nitrogens with one attached hydrogen (secondary N) is 1. The molecule has 1 aromatic heterocycles. The molecule has 2 N–H and O–H groups in total. The molecule has 0 fully saturated rings. The summed E-state index contributed by atoms with van der Waals surface area (Å²) in [5.41, 5.74) is 0.621. The van der Waals surface area contributed by atoms with Gasteiger partial charge in [-0.05, 0) is 44.0 Å². The second kappa shape index (κ2) is 6.27. The molecule has 1 aliphatic rings. The van der Waals surface area contributed by atoms with Gasteiger partial charge in [0.2, 0.25) is 0 Å².